The smallest absolute Gasteiger partial charge is 0.246 e. The maximum absolute atomic E-state index is 12.1. The summed E-state index contributed by atoms with van der Waals surface area (Å²) in [5.74, 6) is -0.257. The Labute approximate surface area is 115 Å². The Kier molecular flexibility index (Phi) is 3.00. The number of carbonyl (C=O) groups is 1. The number of aromatic nitrogens is 3. The van der Waals surface area contributed by atoms with Crippen molar-refractivity contribution in [2.24, 2.45) is 12.8 Å². The van der Waals surface area contributed by atoms with Crippen molar-refractivity contribution in [1.29, 1.82) is 0 Å². The molecule has 20 heavy (non-hydrogen) atoms. The third kappa shape index (κ3) is 2.28. The molecule has 0 bridgehead atoms. The van der Waals surface area contributed by atoms with Gasteiger partial charge < -0.3 is 16.0 Å². The highest BCUT2D eigenvalue weighted by Crippen LogP contribution is 2.19. The molecule has 0 saturated carbocycles. The molecule has 6 nitrogen and oxygen atoms in total. The zero-order chi connectivity index (χ0) is 14.1. The highest BCUT2D eigenvalue weighted by molar-refractivity contribution is 5.97. The van der Waals surface area contributed by atoms with Gasteiger partial charge in [-0.3, -0.25) is 9.48 Å². The number of fused-ring (bicyclic) bond motifs is 1. The van der Waals surface area contributed by atoms with Gasteiger partial charge in [-0.1, -0.05) is 0 Å². The number of aryl methyl sites for hydroxylation is 1. The number of nitrogens with zero attached hydrogens (tertiary/aromatic N) is 2. The van der Waals surface area contributed by atoms with Crippen LogP contribution in [-0.4, -0.2) is 20.7 Å². The van der Waals surface area contributed by atoms with Crippen LogP contribution < -0.4 is 11.1 Å². The lowest BCUT2D eigenvalue weighted by molar-refractivity contribution is -0.117. The van der Waals surface area contributed by atoms with Crippen LogP contribution in [-0.2, 0) is 11.8 Å². The summed E-state index contributed by atoms with van der Waals surface area (Å²) in [4.78, 5) is 15.2. The second-order valence-corrected chi connectivity index (χ2v) is 4.69. The number of H-pyrrole nitrogens is 1. The molecule has 1 atom stereocenters. The number of hydrogen-bond donors (Lipinski definition) is 3. The number of hydrogen-bond acceptors (Lipinski definition) is 3. The van der Waals surface area contributed by atoms with Gasteiger partial charge in [-0.05, 0) is 24.3 Å². The number of carbonyl (C=O) groups excluding carboxylic acids is 1. The number of nitrogens with two attached hydrogens (primary N) is 1. The normalized spacial score (nSPS) is 12.5. The summed E-state index contributed by atoms with van der Waals surface area (Å²) in [6.07, 6.45) is 5.19. The second kappa shape index (κ2) is 4.82. The lowest BCUT2D eigenvalue weighted by Gasteiger charge is -2.10. The first-order valence-corrected chi connectivity index (χ1v) is 6.25. The minimum Gasteiger partial charge on any atom is -0.361 e. The fourth-order valence-corrected chi connectivity index (χ4v) is 2.10. The Balaban J connectivity index is 1.77. The minimum absolute atomic E-state index is 0.257. The number of anilines is 1. The summed E-state index contributed by atoms with van der Waals surface area (Å²) in [5, 5.41) is 7.87. The summed E-state index contributed by atoms with van der Waals surface area (Å²) in [5.41, 5.74) is 8.36. The predicted octanol–water partition coefficient (Wildman–Crippen LogP) is 1.54. The molecule has 0 aliphatic carbocycles. The Hall–Kier alpha value is -2.60. The Morgan fingerprint density at radius 3 is 3.05 bits per heavy atom. The van der Waals surface area contributed by atoms with Crippen molar-refractivity contribution in [3.63, 3.8) is 0 Å². The van der Waals surface area contributed by atoms with Crippen LogP contribution >= 0.6 is 0 Å². The van der Waals surface area contributed by atoms with Crippen molar-refractivity contribution in [2.45, 2.75) is 6.04 Å². The molecule has 0 saturated heterocycles. The van der Waals surface area contributed by atoms with E-state index in [1.807, 2.05) is 30.5 Å². The molecular weight excluding hydrogens is 254 g/mol. The van der Waals surface area contributed by atoms with Gasteiger partial charge in [-0.2, -0.15) is 5.10 Å². The van der Waals surface area contributed by atoms with Gasteiger partial charge in [0.25, 0.3) is 0 Å². The average molecular weight is 269 g/mol. The monoisotopic (exact) mass is 269 g/mol. The molecule has 3 rings (SSSR count). The molecule has 0 radical (unpaired) electrons. The van der Waals surface area contributed by atoms with Crippen LogP contribution in [0, 0.1) is 0 Å². The summed E-state index contributed by atoms with van der Waals surface area (Å²) in [6.45, 7) is 0. The van der Waals surface area contributed by atoms with Crippen LogP contribution in [0.5, 0.6) is 0 Å². The SMILES string of the molecule is Cn1cc(C(N)C(=O)Nc2ccc3[nH]ccc3c2)cn1. The van der Waals surface area contributed by atoms with Crippen molar-refractivity contribution < 1.29 is 4.79 Å². The zero-order valence-corrected chi connectivity index (χ0v) is 11.0. The van der Waals surface area contributed by atoms with E-state index in [2.05, 4.69) is 15.4 Å². The van der Waals surface area contributed by atoms with Gasteiger partial charge in [0.1, 0.15) is 6.04 Å². The van der Waals surface area contributed by atoms with Crippen LogP contribution in [0.25, 0.3) is 10.9 Å². The first-order valence-electron chi connectivity index (χ1n) is 6.25. The zero-order valence-electron chi connectivity index (χ0n) is 11.0. The molecule has 3 aromatic rings. The summed E-state index contributed by atoms with van der Waals surface area (Å²) < 4.78 is 1.62. The number of rotatable bonds is 3. The van der Waals surface area contributed by atoms with Crippen molar-refractivity contribution in [3.05, 3.63) is 48.4 Å². The van der Waals surface area contributed by atoms with E-state index in [0.29, 0.717) is 5.56 Å². The first kappa shape index (κ1) is 12.4. The van der Waals surface area contributed by atoms with Crippen molar-refractivity contribution in [3.8, 4) is 0 Å². The third-order valence-electron chi connectivity index (χ3n) is 3.19. The number of aromatic amines is 1. The van der Waals surface area contributed by atoms with Crippen LogP contribution in [0.4, 0.5) is 5.69 Å². The van der Waals surface area contributed by atoms with E-state index in [-0.39, 0.29) is 5.91 Å². The topological polar surface area (TPSA) is 88.7 Å². The maximum Gasteiger partial charge on any atom is 0.246 e. The Morgan fingerprint density at radius 2 is 2.30 bits per heavy atom. The van der Waals surface area contributed by atoms with Gasteiger partial charge in [-0.25, -0.2) is 0 Å². The highest BCUT2D eigenvalue weighted by Gasteiger charge is 2.17. The fourth-order valence-electron chi connectivity index (χ4n) is 2.10. The van der Waals surface area contributed by atoms with Gasteiger partial charge >= 0.3 is 0 Å². The van der Waals surface area contributed by atoms with Crippen LogP contribution in [0.1, 0.15) is 11.6 Å². The molecule has 1 amide bonds. The van der Waals surface area contributed by atoms with E-state index in [1.165, 1.54) is 0 Å². The van der Waals surface area contributed by atoms with E-state index in [0.717, 1.165) is 16.6 Å². The molecule has 1 aromatic carbocycles. The van der Waals surface area contributed by atoms with Gasteiger partial charge in [0, 0.05) is 41.6 Å². The molecule has 0 spiro atoms. The standard InChI is InChI=1S/C14H15N5O/c1-19-8-10(7-17-19)13(15)14(20)18-11-2-3-12-9(6-11)4-5-16-12/h2-8,13,16H,15H2,1H3,(H,18,20). The van der Waals surface area contributed by atoms with Crippen LogP contribution in [0.3, 0.4) is 0 Å². The molecule has 2 aromatic heterocycles. The first-order chi connectivity index (χ1) is 9.63. The summed E-state index contributed by atoms with van der Waals surface area (Å²) in [6, 6.07) is 6.88. The second-order valence-electron chi connectivity index (χ2n) is 4.69. The molecule has 1 unspecified atom stereocenters. The van der Waals surface area contributed by atoms with Crippen molar-refractivity contribution in [1.82, 2.24) is 14.8 Å². The van der Waals surface area contributed by atoms with E-state index < -0.39 is 6.04 Å². The number of benzene rings is 1. The lowest BCUT2D eigenvalue weighted by atomic mass is 10.1. The quantitative estimate of drug-likeness (QED) is 0.673. The van der Waals surface area contributed by atoms with Crippen LogP contribution in [0.15, 0.2) is 42.9 Å². The summed E-state index contributed by atoms with van der Waals surface area (Å²) in [7, 11) is 1.79. The van der Waals surface area contributed by atoms with E-state index in [1.54, 1.807) is 24.1 Å². The molecule has 6 heteroatoms. The van der Waals surface area contributed by atoms with E-state index in [9.17, 15) is 4.79 Å². The molecule has 4 N–H and O–H groups in total. The van der Waals surface area contributed by atoms with E-state index >= 15 is 0 Å². The predicted molar refractivity (Wildman–Crippen MR) is 77.1 cm³/mol. The van der Waals surface area contributed by atoms with Crippen molar-refractivity contribution >= 4 is 22.5 Å². The van der Waals surface area contributed by atoms with Gasteiger partial charge in [0.15, 0.2) is 0 Å². The minimum atomic E-state index is -0.731. The fraction of sp³-hybridized carbons (Fsp3) is 0.143. The van der Waals surface area contributed by atoms with Gasteiger partial charge in [-0.15, -0.1) is 0 Å². The number of nitrogens with one attached hydrogen (secondary N) is 2. The molecule has 102 valence electrons. The molecule has 0 fully saturated rings. The third-order valence-corrected chi connectivity index (χ3v) is 3.19. The molecular formula is C14H15N5O. The Morgan fingerprint density at radius 1 is 1.45 bits per heavy atom. The lowest BCUT2D eigenvalue weighted by Crippen LogP contribution is -2.27. The highest BCUT2D eigenvalue weighted by atomic mass is 16.2. The maximum atomic E-state index is 12.1. The van der Waals surface area contributed by atoms with E-state index in [4.69, 9.17) is 5.73 Å². The van der Waals surface area contributed by atoms with Crippen molar-refractivity contribution in [2.75, 3.05) is 5.32 Å². The largest absolute Gasteiger partial charge is 0.361 e. The molecule has 2 heterocycles. The molecule has 0 aliphatic rings. The number of amides is 1. The average Bonchev–Trinajstić information content (AvgIpc) is 3.05. The van der Waals surface area contributed by atoms with Gasteiger partial charge in [0.2, 0.25) is 5.91 Å². The summed E-state index contributed by atoms with van der Waals surface area (Å²) >= 11 is 0. The van der Waals surface area contributed by atoms with Crippen LogP contribution in [0.2, 0.25) is 0 Å². The van der Waals surface area contributed by atoms with Gasteiger partial charge in [0.05, 0.1) is 6.20 Å². The Bertz CT molecular complexity index is 758. The molecule has 0 aliphatic heterocycles.